The zero-order chi connectivity index (χ0) is 17.3. The molecule has 1 aliphatic rings. The molecular formula is C14H17F3N2O3S. The Bertz CT molecular complexity index is 668. The highest BCUT2D eigenvalue weighted by Crippen LogP contribution is 2.33. The lowest BCUT2D eigenvalue weighted by atomic mass is 10.2. The monoisotopic (exact) mass is 350 g/mol. The molecule has 0 spiro atoms. The van der Waals surface area contributed by atoms with Gasteiger partial charge in [0.2, 0.25) is 10.0 Å². The molecule has 1 fully saturated rings. The maximum absolute atomic E-state index is 12.2. The molecule has 0 radical (unpaired) electrons. The molecule has 0 heterocycles. The summed E-state index contributed by atoms with van der Waals surface area (Å²) in [5, 5.41) is 1.72. The molecule has 1 aromatic carbocycles. The van der Waals surface area contributed by atoms with Crippen molar-refractivity contribution in [1.82, 2.24) is 10.0 Å². The molecule has 0 saturated heterocycles. The van der Waals surface area contributed by atoms with Crippen molar-refractivity contribution in [2.75, 3.05) is 6.54 Å². The Balaban J connectivity index is 2.02. The fraction of sp³-hybridized carbons (Fsp3) is 0.500. The number of carbonyl (C=O) groups excluding carboxylic acids is 1. The SMILES string of the molecule is CC(NS(=O)(=O)c1ccc(C(=O)NCC(F)(F)F)cc1)C1CC1. The number of nitrogens with one attached hydrogen (secondary N) is 2. The first kappa shape index (κ1) is 17.7. The molecule has 1 aliphatic carbocycles. The third-order valence-electron chi connectivity index (χ3n) is 3.55. The highest BCUT2D eigenvalue weighted by molar-refractivity contribution is 7.89. The number of rotatable bonds is 6. The first-order valence-corrected chi connectivity index (χ1v) is 8.54. The fourth-order valence-electron chi connectivity index (χ4n) is 2.07. The van der Waals surface area contributed by atoms with Crippen molar-refractivity contribution in [2.24, 2.45) is 5.92 Å². The maximum Gasteiger partial charge on any atom is 0.405 e. The quantitative estimate of drug-likeness (QED) is 0.825. The van der Waals surface area contributed by atoms with Crippen LogP contribution in [0.3, 0.4) is 0 Å². The van der Waals surface area contributed by atoms with Crippen molar-refractivity contribution in [1.29, 1.82) is 0 Å². The molecule has 5 nitrogen and oxygen atoms in total. The van der Waals surface area contributed by atoms with E-state index in [0.717, 1.165) is 12.8 Å². The van der Waals surface area contributed by atoms with E-state index < -0.39 is 28.7 Å². The number of carbonyl (C=O) groups is 1. The second-order valence-electron chi connectivity index (χ2n) is 5.57. The van der Waals surface area contributed by atoms with Crippen molar-refractivity contribution in [2.45, 2.75) is 36.9 Å². The Kier molecular flexibility index (Phi) is 5.00. The van der Waals surface area contributed by atoms with Gasteiger partial charge in [-0.3, -0.25) is 4.79 Å². The highest BCUT2D eigenvalue weighted by atomic mass is 32.2. The minimum absolute atomic E-state index is 0.0302. The molecule has 1 unspecified atom stereocenters. The summed E-state index contributed by atoms with van der Waals surface area (Å²) in [5.74, 6) is -0.567. The van der Waals surface area contributed by atoms with Crippen molar-refractivity contribution >= 4 is 15.9 Å². The molecular weight excluding hydrogens is 333 g/mol. The molecule has 0 bridgehead atoms. The molecule has 2 rings (SSSR count). The average Bonchev–Trinajstić information content (AvgIpc) is 3.28. The number of sulfonamides is 1. The zero-order valence-corrected chi connectivity index (χ0v) is 13.2. The lowest BCUT2D eigenvalue weighted by molar-refractivity contribution is -0.123. The summed E-state index contributed by atoms with van der Waals surface area (Å²) in [6.45, 7) is 0.348. The van der Waals surface area contributed by atoms with Crippen LogP contribution in [-0.4, -0.2) is 33.1 Å². The molecule has 2 N–H and O–H groups in total. The van der Waals surface area contributed by atoms with Crippen LogP contribution in [0.5, 0.6) is 0 Å². The van der Waals surface area contributed by atoms with Gasteiger partial charge in [-0.1, -0.05) is 0 Å². The number of hydrogen-bond acceptors (Lipinski definition) is 3. The predicted octanol–water partition coefficient (Wildman–Crippen LogP) is 2.06. The van der Waals surface area contributed by atoms with Crippen LogP contribution < -0.4 is 10.0 Å². The summed E-state index contributed by atoms with van der Waals surface area (Å²) in [7, 11) is -3.70. The lowest BCUT2D eigenvalue weighted by Gasteiger charge is -2.13. The second kappa shape index (κ2) is 6.48. The largest absolute Gasteiger partial charge is 0.405 e. The zero-order valence-electron chi connectivity index (χ0n) is 12.4. The van der Waals surface area contributed by atoms with Gasteiger partial charge in [0, 0.05) is 11.6 Å². The first-order chi connectivity index (χ1) is 10.6. The Labute approximate surface area is 132 Å². The van der Waals surface area contributed by atoms with Crippen molar-refractivity contribution < 1.29 is 26.4 Å². The molecule has 0 aliphatic heterocycles. The highest BCUT2D eigenvalue weighted by Gasteiger charge is 2.31. The van der Waals surface area contributed by atoms with E-state index in [-0.39, 0.29) is 16.5 Å². The third kappa shape index (κ3) is 5.21. The maximum atomic E-state index is 12.2. The van der Waals surface area contributed by atoms with Gasteiger partial charge in [0.1, 0.15) is 6.54 Å². The summed E-state index contributed by atoms with van der Waals surface area (Å²) >= 11 is 0. The Hall–Kier alpha value is -1.61. The van der Waals surface area contributed by atoms with Gasteiger partial charge < -0.3 is 5.32 Å². The van der Waals surface area contributed by atoms with Gasteiger partial charge in [0.05, 0.1) is 4.90 Å². The molecule has 9 heteroatoms. The summed E-state index contributed by atoms with van der Waals surface area (Å²) in [6, 6.07) is 4.59. The first-order valence-electron chi connectivity index (χ1n) is 7.06. The van der Waals surface area contributed by atoms with Gasteiger partial charge in [0.15, 0.2) is 0 Å². The van der Waals surface area contributed by atoms with Crippen molar-refractivity contribution in [3.05, 3.63) is 29.8 Å². The summed E-state index contributed by atoms with van der Waals surface area (Å²) < 4.78 is 63.0. The van der Waals surface area contributed by atoms with E-state index in [1.807, 2.05) is 0 Å². The standard InChI is InChI=1S/C14H17F3N2O3S/c1-9(10-2-3-10)19-23(21,22)12-6-4-11(5-7-12)13(20)18-8-14(15,16)17/h4-7,9-10,19H,2-3,8H2,1H3,(H,18,20). The minimum atomic E-state index is -4.50. The Morgan fingerprint density at radius 3 is 2.30 bits per heavy atom. The van der Waals surface area contributed by atoms with Gasteiger partial charge in [-0.25, -0.2) is 13.1 Å². The number of halogens is 3. The number of benzene rings is 1. The molecule has 1 atom stereocenters. The number of amides is 1. The van der Waals surface area contributed by atoms with E-state index in [4.69, 9.17) is 0 Å². The third-order valence-corrected chi connectivity index (χ3v) is 5.12. The van der Waals surface area contributed by atoms with E-state index in [9.17, 15) is 26.4 Å². The second-order valence-corrected chi connectivity index (χ2v) is 7.28. The van der Waals surface area contributed by atoms with Crippen molar-refractivity contribution in [3.8, 4) is 0 Å². The summed E-state index contributed by atoms with van der Waals surface area (Å²) in [4.78, 5) is 11.5. The molecule has 128 valence electrons. The molecule has 1 amide bonds. The fourth-order valence-corrected chi connectivity index (χ4v) is 3.39. The van der Waals surface area contributed by atoms with Crippen LogP contribution in [0.2, 0.25) is 0 Å². The Morgan fingerprint density at radius 1 is 1.26 bits per heavy atom. The Morgan fingerprint density at radius 2 is 1.83 bits per heavy atom. The van der Waals surface area contributed by atoms with Crippen LogP contribution in [0.1, 0.15) is 30.1 Å². The van der Waals surface area contributed by atoms with E-state index >= 15 is 0 Å². The van der Waals surface area contributed by atoms with Crippen LogP contribution in [0, 0.1) is 5.92 Å². The van der Waals surface area contributed by atoms with Gasteiger partial charge in [0.25, 0.3) is 5.91 Å². The van der Waals surface area contributed by atoms with Crippen LogP contribution in [0.4, 0.5) is 13.2 Å². The van der Waals surface area contributed by atoms with Crippen LogP contribution in [-0.2, 0) is 10.0 Å². The average molecular weight is 350 g/mol. The van der Waals surface area contributed by atoms with Gasteiger partial charge in [-0.2, -0.15) is 13.2 Å². The molecule has 0 aromatic heterocycles. The van der Waals surface area contributed by atoms with Crippen LogP contribution in [0.15, 0.2) is 29.2 Å². The smallest absolute Gasteiger partial charge is 0.343 e. The number of alkyl halides is 3. The van der Waals surface area contributed by atoms with Crippen LogP contribution in [0.25, 0.3) is 0 Å². The van der Waals surface area contributed by atoms with E-state index in [1.54, 1.807) is 12.2 Å². The van der Waals surface area contributed by atoms with E-state index in [2.05, 4.69) is 4.72 Å². The molecule has 1 saturated carbocycles. The van der Waals surface area contributed by atoms with E-state index in [0.29, 0.717) is 5.92 Å². The van der Waals surface area contributed by atoms with Crippen molar-refractivity contribution in [3.63, 3.8) is 0 Å². The topological polar surface area (TPSA) is 75.3 Å². The normalized spacial score (nSPS) is 16.9. The summed E-state index contributed by atoms with van der Waals surface area (Å²) in [5.41, 5.74) is -0.0385. The van der Waals surface area contributed by atoms with E-state index in [1.165, 1.54) is 24.3 Å². The lowest BCUT2D eigenvalue weighted by Crippen LogP contribution is -2.34. The van der Waals surface area contributed by atoms with Gasteiger partial charge >= 0.3 is 6.18 Å². The van der Waals surface area contributed by atoms with Crippen LogP contribution >= 0.6 is 0 Å². The predicted molar refractivity (Wildman–Crippen MR) is 77.3 cm³/mol. The minimum Gasteiger partial charge on any atom is -0.343 e. The van der Waals surface area contributed by atoms with Gasteiger partial charge in [-0.05, 0) is 49.9 Å². The number of hydrogen-bond donors (Lipinski definition) is 2. The van der Waals surface area contributed by atoms with Gasteiger partial charge in [-0.15, -0.1) is 0 Å². The molecule has 23 heavy (non-hydrogen) atoms. The molecule has 1 aromatic rings. The summed E-state index contributed by atoms with van der Waals surface area (Å²) in [6.07, 6.45) is -2.52.